The topological polar surface area (TPSA) is 17.1 Å². The molecule has 0 spiro atoms. The third-order valence-electron chi connectivity index (χ3n) is 3.55. The number of fused-ring (bicyclic) bond motifs is 1. The molecule has 0 N–H and O–H groups in total. The van der Waals surface area contributed by atoms with Crippen molar-refractivity contribution in [3.63, 3.8) is 0 Å². The van der Waals surface area contributed by atoms with E-state index in [4.69, 9.17) is 0 Å². The van der Waals surface area contributed by atoms with Gasteiger partial charge in [0.05, 0.1) is 0 Å². The number of rotatable bonds is 4. The normalized spacial score (nSPS) is 12.2. The number of Topliss-reactive ketones (excluding diaryl/α,β-unsaturated/α-hetero) is 1. The van der Waals surface area contributed by atoms with Gasteiger partial charge in [-0.2, -0.15) is 0 Å². The summed E-state index contributed by atoms with van der Waals surface area (Å²) in [5.41, 5.74) is 3.28. The van der Waals surface area contributed by atoms with E-state index in [1.807, 2.05) is 36.4 Å². The van der Waals surface area contributed by atoms with Gasteiger partial charge in [-0.1, -0.05) is 60.7 Å². The minimum atomic E-state index is -0.0621. The third-order valence-corrected chi connectivity index (χ3v) is 5.28. The summed E-state index contributed by atoms with van der Waals surface area (Å²) in [5, 5.41) is 0. The monoisotopic (exact) mass is 293 g/mol. The maximum atomic E-state index is 12.3. The van der Waals surface area contributed by atoms with E-state index in [0.717, 1.165) is 5.56 Å². The molecular formula is C19H17OS+. The average molecular weight is 293 g/mol. The van der Waals surface area contributed by atoms with Gasteiger partial charge < -0.3 is 0 Å². The molecule has 1 atom stereocenters. The summed E-state index contributed by atoms with van der Waals surface area (Å²) >= 11 is 0. The van der Waals surface area contributed by atoms with Crippen molar-refractivity contribution in [3.05, 3.63) is 78.4 Å². The van der Waals surface area contributed by atoms with E-state index in [2.05, 4.69) is 42.7 Å². The summed E-state index contributed by atoms with van der Waals surface area (Å²) in [7, 11) is -0.0621. The number of carbonyl (C=O) groups excluding carboxylic acids is 1. The van der Waals surface area contributed by atoms with Crippen molar-refractivity contribution in [1.82, 2.24) is 0 Å². The molecule has 0 amide bonds. The average Bonchev–Trinajstić information content (AvgIpc) is 2.79. The van der Waals surface area contributed by atoms with E-state index in [1.54, 1.807) is 0 Å². The minimum Gasteiger partial charge on any atom is -0.289 e. The minimum absolute atomic E-state index is 0.0621. The van der Waals surface area contributed by atoms with E-state index in [1.165, 1.54) is 16.0 Å². The van der Waals surface area contributed by atoms with Crippen LogP contribution in [0.5, 0.6) is 0 Å². The second-order valence-corrected chi connectivity index (χ2v) is 7.12. The first-order valence-corrected chi connectivity index (χ1v) is 8.74. The van der Waals surface area contributed by atoms with Crippen LogP contribution in [-0.4, -0.2) is 17.8 Å². The fourth-order valence-electron chi connectivity index (χ4n) is 2.37. The van der Waals surface area contributed by atoms with Gasteiger partial charge in [0.15, 0.2) is 10.6 Å². The highest BCUT2D eigenvalue weighted by Gasteiger charge is 2.23. The van der Waals surface area contributed by atoms with Crippen LogP contribution in [-0.2, 0) is 10.9 Å². The lowest BCUT2D eigenvalue weighted by atomic mass is 10.2. The summed E-state index contributed by atoms with van der Waals surface area (Å²) in [6.45, 7) is 0. The van der Waals surface area contributed by atoms with Crippen LogP contribution in [0.4, 0.5) is 0 Å². The number of benzene rings is 1. The second-order valence-electron chi connectivity index (χ2n) is 5.08. The zero-order chi connectivity index (χ0) is 14.7. The molecule has 2 aliphatic rings. The molecule has 21 heavy (non-hydrogen) atoms. The summed E-state index contributed by atoms with van der Waals surface area (Å²) in [5.74, 6) is 0.796. The Kier molecular flexibility index (Phi) is 4.07. The summed E-state index contributed by atoms with van der Waals surface area (Å²) < 4.78 is 0. The molecule has 0 heterocycles. The Labute approximate surface area is 128 Å². The van der Waals surface area contributed by atoms with Gasteiger partial charge in [0.2, 0.25) is 5.78 Å². The lowest BCUT2D eigenvalue weighted by Crippen LogP contribution is -2.15. The van der Waals surface area contributed by atoms with Crippen LogP contribution in [0.3, 0.4) is 0 Å². The molecular weight excluding hydrogens is 276 g/mol. The molecule has 0 bridgehead atoms. The Morgan fingerprint density at radius 3 is 1.95 bits per heavy atom. The predicted molar refractivity (Wildman–Crippen MR) is 90.3 cm³/mol. The lowest BCUT2D eigenvalue weighted by Gasteiger charge is -2.00. The molecule has 1 nitrogen and oxygen atoms in total. The van der Waals surface area contributed by atoms with Crippen molar-refractivity contribution in [3.8, 4) is 11.1 Å². The first-order chi connectivity index (χ1) is 10.2. The molecule has 0 aromatic heterocycles. The van der Waals surface area contributed by atoms with Crippen LogP contribution in [0.25, 0.3) is 11.1 Å². The van der Waals surface area contributed by atoms with E-state index in [-0.39, 0.29) is 16.7 Å². The third kappa shape index (κ3) is 3.17. The molecule has 104 valence electrons. The Morgan fingerprint density at radius 2 is 1.38 bits per heavy atom. The molecule has 1 unspecified atom stereocenters. The van der Waals surface area contributed by atoms with Gasteiger partial charge in [-0.15, -0.1) is 0 Å². The van der Waals surface area contributed by atoms with E-state index in [9.17, 15) is 4.79 Å². The second kappa shape index (κ2) is 6.15. The number of hydrogen-bond acceptors (Lipinski definition) is 1. The van der Waals surface area contributed by atoms with Crippen LogP contribution in [0.15, 0.2) is 77.7 Å². The van der Waals surface area contributed by atoms with Crippen LogP contribution in [0, 0.1) is 0 Å². The van der Waals surface area contributed by atoms with Gasteiger partial charge in [0, 0.05) is 28.6 Å². The van der Waals surface area contributed by atoms with E-state index < -0.39 is 0 Å². The zero-order valence-electron chi connectivity index (χ0n) is 12.0. The quantitative estimate of drug-likeness (QED) is 0.518. The Morgan fingerprint density at radius 1 is 0.857 bits per heavy atom. The van der Waals surface area contributed by atoms with Gasteiger partial charge in [0.1, 0.15) is 6.26 Å². The Hall–Kier alpha value is -2.06. The SMILES string of the molecule is C[S+](CC(=O)c1ccccc1)c1cc2cccccc-2c1. The highest BCUT2D eigenvalue weighted by atomic mass is 32.2. The maximum Gasteiger partial charge on any atom is 0.212 e. The van der Waals surface area contributed by atoms with Crippen LogP contribution < -0.4 is 0 Å². The standard InChI is InChI=1S/C19H17OS/c1-21(14-19(20)15-8-4-2-5-9-15)18-12-16-10-6-3-7-11-17(16)13-18/h2-13H,14H2,1H3/q+1. The summed E-state index contributed by atoms with van der Waals surface area (Å²) in [4.78, 5) is 13.6. The predicted octanol–water partition coefficient (Wildman–Crippen LogP) is 4.28. The van der Waals surface area contributed by atoms with Crippen LogP contribution in [0.1, 0.15) is 10.4 Å². The number of carbonyl (C=O) groups is 1. The van der Waals surface area contributed by atoms with Gasteiger partial charge in [-0.3, -0.25) is 4.79 Å². The molecule has 3 rings (SSSR count). The van der Waals surface area contributed by atoms with Gasteiger partial charge in [-0.05, 0) is 11.1 Å². The van der Waals surface area contributed by atoms with Crippen LogP contribution in [0.2, 0.25) is 0 Å². The number of hydrogen-bond donors (Lipinski definition) is 0. The van der Waals surface area contributed by atoms with Gasteiger partial charge >= 0.3 is 0 Å². The van der Waals surface area contributed by atoms with E-state index >= 15 is 0 Å². The molecule has 0 aliphatic heterocycles. The Balaban J connectivity index is 1.80. The molecule has 1 aromatic carbocycles. The fraction of sp³-hybridized carbons (Fsp3) is 0.105. The molecule has 0 radical (unpaired) electrons. The highest BCUT2D eigenvalue weighted by Crippen LogP contribution is 2.28. The molecule has 0 saturated carbocycles. The molecule has 1 aromatic rings. The van der Waals surface area contributed by atoms with Crippen molar-refractivity contribution in [2.75, 3.05) is 12.0 Å². The number of ketones is 1. The van der Waals surface area contributed by atoms with Crippen molar-refractivity contribution in [2.24, 2.45) is 0 Å². The van der Waals surface area contributed by atoms with E-state index in [0.29, 0.717) is 5.75 Å². The largest absolute Gasteiger partial charge is 0.289 e. The lowest BCUT2D eigenvalue weighted by molar-refractivity contribution is 0.102. The van der Waals surface area contributed by atoms with Crippen LogP contribution >= 0.6 is 0 Å². The molecule has 0 fully saturated rings. The summed E-state index contributed by atoms with van der Waals surface area (Å²) in [6, 6.07) is 24.3. The van der Waals surface area contributed by atoms with Crippen molar-refractivity contribution in [2.45, 2.75) is 4.90 Å². The maximum absolute atomic E-state index is 12.3. The molecule has 2 aliphatic carbocycles. The zero-order valence-corrected chi connectivity index (χ0v) is 12.8. The first-order valence-electron chi connectivity index (χ1n) is 6.93. The highest BCUT2D eigenvalue weighted by molar-refractivity contribution is 7.97. The Bertz CT molecular complexity index is 690. The van der Waals surface area contributed by atoms with Crippen molar-refractivity contribution in [1.29, 1.82) is 0 Å². The first kappa shape index (κ1) is 13.9. The fourth-order valence-corrected chi connectivity index (χ4v) is 3.76. The van der Waals surface area contributed by atoms with Crippen molar-refractivity contribution >= 4 is 16.7 Å². The van der Waals surface area contributed by atoms with Gasteiger partial charge in [-0.25, -0.2) is 0 Å². The smallest absolute Gasteiger partial charge is 0.212 e. The van der Waals surface area contributed by atoms with Crippen molar-refractivity contribution < 1.29 is 4.79 Å². The summed E-state index contributed by atoms with van der Waals surface area (Å²) in [6.07, 6.45) is 2.15. The molecule has 2 heteroatoms. The molecule has 0 saturated heterocycles. The van der Waals surface area contributed by atoms with Gasteiger partial charge in [0.25, 0.3) is 0 Å².